The van der Waals surface area contributed by atoms with Gasteiger partial charge in [-0.3, -0.25) is 9.89 Å². The first kappa shape index (κ1) is 19.0. The lowest BCUT2D eigenvalue weighted by Gasteiger charge is -2.35. The average Bonchev–Trinajstić information content (AvgIpc) is 2.94. The summed E-state index contributed by atoms with van der Waals surface area (Å²) in [5, 5.41) is 6.74. The van der Waals surface area contributed by atoms with Crippen molar-refractivity contribution in [1.29, 1.82) is 0 Å². The second kappa shape index (κ2) is 10.6. The highest BCUT2D eigenvalue weighted by Gasteiger charge is 2.31. The molecule has 0 spiro atoms. The molecule has 2 heterocycles. The summed E-state index contributed by atoms with van der Waals surface area (Å²) in [6.45, 7) is 7.26. The van der Waals surface area contributed by atoms with E-state index in [-0.39, 0.29) is 24.0 Å². The van der Waals surface area contributed by atoms with Crippen LogP contribution in [0.5, 0.6) is 0 Å². The summed E-state index contributed by atoms with van der Waals surface area (Å²) in [5.74, 6) is 0.897. The first-order valence-corrected chi connectivity index (χ1v) is 8.13. The summed E-state index contributed by atoms with van der Waals surface area (Å²) in [5.41, 5.74) is 0. The Labute approximate surface area is 146 Å². The van der Waals surface area contributed by atoms with Gasteiger partial charge in [0.15, 0.2) is 5.96 Å². The molecule has 0 aromatic carbocycles. The minimum absolute atomic E-state index is 0. The van der Waals surface area contributed by atoms with Gasteiger partial charge < -0.3 is 15.4 Å². The first-order valence-electron chi connectivity index (χ1n) is 8.13. The van der Waals surface area contributed by atoms with E-state index in [0.29, 0.717) is 12.1 Å². The lowest BCUT2D eigenvalue weighted by molar-refractivity contribution is -0.0453. The minimum Gasteiger partial charge on any atom is -0.373 e. The topological polar surface area (TPSA) is 48.9 Å². The van der Waals surface area contributed by atoms with Crippen LogP contribution in [-0.2, 0) is 4.74 Å². The van der Waals surface area contributed by atoms with Crippen LogP contribution >= 0.6 is 24.0 Å². The molecule has 0 bridgehead atoms. The maximum absolute atomic E-state index is 5.94. The molecule has 2 fully saturated rings. The smallest absolute Gasteiger partial charge is 0.191 e. The van der Waals surface area contributed by atoms with Crippen LogP contribution in [0.4, 0.5) is 0 Å². The van der Waals surface area contributed by atoms with Crippen LogP contribution < -0.4 is 10.6 Å². The molecule has 2 unspecified atom stereocenters. The zero-order valence-corrected chi connectivity index (χ0v) is 15.8. The fraction of sp³-hybridized carbons (Fsp3) is 0.933. The van der Waals surface area contributed by atoms with Gasteiger partial charge in [0, 0.05) is 32.7 Å². The van der Waals surface area contributed by atoms with Crippen molar-refractivity contribution in [3.63, 3.8) is 0 Å². The third-order valence-corrected chi connectivity index (χ3v) is 4.26. The van der Waals surface area contributed by atoms with Gasteiger partial charge in [-0.25, -0.2) is 0 Å². The van der Waals surface area contributed by atoms with Crippen LogP contribution in [-0.4, -0.2) is 62.8 Å². The predicted molar refractivity (Wildman–Crippen MR) is 98.6 cm³/mol. The number of hydrogen-bond acceptors (Lipinski definition) is 3. The summed E-state index contributed by atoms with van der Waals surface area (Å²) >= 11 is 0. The Hall–Kier alpha value is -0.0800. The molecule has 0 radical (unpaired) electrons. The number of unbranched alkanes of at least 4 members (excludes halogenated alkanes) is 2. The fourth-order valence-corrected chi connectivity index (χ4v) is 3.02. The van der Waals surface area contributed by atoms with Gasteiger partial charge in [-0.05, 0) is 25.8 Å². The van der Waals surface area contributed by atoms with E-state index in [1.54, 1.807) is 0 Å². The van der Waals surface area contributed by atoms with Crippen LogP contribution in [0.15, 0.2) is 4.99 Å². The zero-order valence-electron chi connectivity index (χ0n) is 13.4. The van der Waals surface area contributed by atoms with Crippen molar-refractivity contribution >= 4 is 29.9 Å². The van der Waals surface area contributed by atoms with E-state index < -0.39 is 0 Å². The largest absolute Gasteiger partial charge is 0.373 e. The Bertz CT molecular complexity index is 314. The van der Waals surface area contributed by atoms with Gasteiger partial charge in [-0.1, -0.05) is 19.8 Å². The second-order valence-corrected chi connectivity index (χ2v) is 5.83. The number of fused-ring (bicyclic) bond motifs is 1. The molecule has 2 rings (SSSR count). The Morgan fingerprint density at radius 3 is 2.95 bits per heavy atom. The molecule has 2 atom stereocenters. The third kappa shape index (κ3) is 6.28. The molecule has 0 aromatic rings. The molecular formula is C15H31IN4O. The van der Waals surface area contributed by atoms with Crippen molar-refractivity contribution in [2.75, 3.05) is 39.8 Å². The van der Waals surface area contributed by atoms with Gasteiger partial charge in [-0.15, -0.1) is 24.0 Å². The van der Waals surface area contributed by atoms with Crippen molar-refractivity contribution in [2.45, 2.75) is 51.2 Å². The number of hydrogen-bond donors (Lipinski definition) is 2. The molecule has 0 amide bonds. The highest BCUT2D eigenvalue weighted by molar-refractivity contribution is 14.0. The monoisotopic (exact) mass is 410 g/mol. The van der Waals surface area contributed by atoms with Crippen molar-refractivity contribution in [2.24, 2.45) is 4.99 Å². The van der Waals surface area contributed by atoms with Crippen LogP contribution in [0.3, 0.4) is 0 Å². The van der Waals surface area contributed by atoms with E-state index in [9.17, 15) is 0 Å². The van der Waals surface area contributed by atoms with Crippen LogP contribution in [0, 0.1) is 0 Å². The molecule has 21 heavy (non-hydrogen) atoms. The second-order valence-electron chi connectivity index (χ2n) is 5.83. The zero-order chi connectivity index (χ0) is 14.2. The van der Waals surface area contributed by atoms with Crippen molar-refractivity contribution in [1.82, 2.24) is 15.5 Å². The lowest BCUT2D eigenvalue weighted by Crippen LogP contribution is -2.51. The SMILES string of the molecule is CCCCCNC(=NC)NCC1CN2CCCC2CO1.I. The molecule has 2 N–H and O–H groups in total. The van der Waals surface area contributed by atoms with Gasteiger partial charge in [0.25, 0.3) is 0 Å². The van der Waals surface area contributed by atoms with Gasteiger partial charge in [0.05, 0.1) is 12.7 Å². The highest BCUT2D eigenvalue weighted by atomic mass is 127. The quantitative estimate of drug-likeness (QED) is 0.304. The first-order chi connectivity index (χ1) is 9.83. The maximum Gasteiger partial charge on any atom is 0.191 e. The van der Waals surface area contributed by atoms with Gasteiger partial charge in [-0.2, -0.15) is 0 Å². The number of guanidine groups is 1. The number of halogens is 1. The number of nitrogens with one attached hydrogen (secondary N) is 2. The van der Waals surface area contributed by atoms with Crippen LogP contribution in [0.25, 0.3) is 0 Å². The Morgan fingerprint density at radius 2 is 2.19 bits per heavy atom. The standard InChI is InChI=1S/C15H30N4O.HI/c1-3-4-5-8-17-15(16-2)18-10-14-11-19-9-6-7-13(19)12-20-14;/h13-14H,3-12H2,1-2H3,(H2,16,17,18);1H. The van der Waals surface area contributed by atoms with E-state index in [1.165, 1.54) is 38.6 Å². The molecule has 2 saturated heterocycles. The van der Waals surface area contributed by atoms with E-state index in [1.807, 2.05) is 7.05 Å². The molecule has 2 aliphatic rings. The van der Waals surface area contributed by atoms with E-state index in [0.717, 1.165) is 32.2 Å². The van der Waals surface area contributed by atoms with Crippen LogP contribution in [0.1, 0.15) is 39.0 Å². The number of morpholine rings is 1. The Kier molecular flexibility index (Phi) is 9.59. The van der Waals surface area contributed by atoms with Crippen molar-refractivity contribution in [3.05, 3.63) is 0 Å². The van der Waals surface area contributed by atoms with E-state index in [2.05, 4.69) is 27.4 Å². The lowest BCUT2D eigenvalue weighted by atomic mass is 10.2. The van der Waals surface area contributed by atoms with Gasteiger partial charge in [0.1, 0.15) is 0 Å². The van der Waals surface area contributed by atoms with Crippen molar-refractivity contribution in [3.8, 4) is 0 Å². The van der Waals surface area contributed by atoms with Crippen LogP contribution in [0.2, 0.25) is 0 Å². The molecule has 0 saturated carbocycles. The molecule has 0 aromatic heterocycles. The summed E-state index contributed by atoms with van der Waals surface area (Å²) in [7, 11) is 1.83. The van der Waals surface area contributed by atoms with Gasteiger partial charge >= 0.3 is 0 Å². The van der Waals surface area contributed by atoms with Gasteiger partial charge in [0.2, 0.25) is 0 Å². The number of ether oxygens (including phenoxy) is 1. The highest BCUT2D eigenvalue weighted by Crippen LogP contribution is 2.22. The summed E-state index contributed by atoms with van der Waals surface area (Å²) in [4.78, 5) is 6.84. The Morgan fingerprint density at radius 1 is 1.33 bits per heavy atom. The van der Waals surface area contributed by atoms with E-state index in [4.69, 9.17) is 4.74 Å². The molecule has 5 nitrogen and oxygen atoms in total. The average molecular weight is 410 g/mol. The molecule has 124 valence electrons. The number of nitrogens with zero attached hydrogens (tertiary/aromatic N) is 2. The third-order valence-electron chi connectivity index (χ3n) is 4.26. The summed E-state index contributed by atoms with van der Waals surface area (Å²) < 4.78 is 5.94. The predicted octanol–water partition coefficient (Wildman–Crippen LogP) is 1.82. The fourth-order valence-electron chi connectivity index (χ4n) is 3.02. The van der Waals surface area contributed by atoms with Crippen molar-refractivity contribution < 1.29 is 4.74 Å². The summed E-state index contributed by atoms with van der Waals surface area (Å²) in [6, 6.07) is 0.678. The number of rotatable bonds is 6. The molecule has 2 aliphatic heterocycles. The maximum atomic E-state index is 5.94. The molecular weight excluding hydrogens is 379 g/mol. The molecule has 0 aliphatic carbocycles. The normalized spacial score (nSPS) is 26.1. The Balaban J connectivity index is 0.00000220. The number of aliphatic imine (C=N–C) groups is 1. The summed E-state index contributed by atoms with van der Waals surface area (Å²) in [6.07, 6.45) is 6.65. The molecule has 6 heteroatoms. The minimum atomic E-state index is 0. The van der Waals surface area contributed by atoms with E-state index >= 15 is 0 Å².